The molecule has 0 fully saturated rings. The Kier molecular flexibility index (Phi) is 3.72. The summed E-state index contributed by atoms with van der Waals surface area (Å²) >= 11 is 0. The van der Waals surface area contributed by atoms with Gasteiger partial charge in [-0.1, -0.05) is 5.92 Å². The quantitative estimate of drug-likeness (QED) is 0.820. The minimum Gasteiger partial charge on any atom is -0.476 e. The van der Waals surface area contributed by atoms with Gasteiger partial charge in [0, 0.05) is 23.6 Å². The highest BCUT2D eigenvalue weighted by Crippen LogP contribution is 2.11. The number of rotatable bonds is 3. The molecule has 0 bridgehead atoms. The number of carboxylic acids is 1. The molecule has 0 atom stereocenters. The number of aromatic carboxylic acids is 1. The molecule has 20 heavy (non-hydrogen) atoms. The van der Waals surface area contributed by atoms with Crippen molar-refractivity contribution >= 4 is 17.6 Å². The Morgan fingerprint density at radius 2 is 1.70 bits per heavy atom. The standard InChI is InChI=1S/C14H9N3O3/c1-2-9-3-5-10(6-4-9)17-13(18)11-12(14(19)20)16-8-7-15-11/h1,3-8H,(H,17,18)(H,19,20). The van der Waals surface area contributed by atoms with Crippen LogP contribution in [0.2, 0.25) is 0 Å². The average molecular weight is 267 g/mol. The SMILES string of the molecule is C#Cc1ccc(NC(=O)c2nccnc2C(=O)O)cc1. The predicted molar refractivity (Wildman–Crippen MR) is 71.3 cm³/mol. The van der Waals surface area contributed by atoms with E-state index in [1.807, 2.05) is 0 Å². The van der Waals surface area contributed by atoms with Crippen LogP contribution >= 0.6 is 0 Å². The highest BCUT2D eigenvalue weighted by Gasteiger charge is 2.19. The first kappa shape index (κ1) is 13.2. The number of nitrogens with one attached hydrogen (secondary N) is 1. The summed E-state index contributed by atoms with van der Waals surface area (Å²) in [5.74, 6) is 0.487. The van der Waals surface area contributed by atoms with Gasteiger partial charge in [0.2, 0.25) is 0 Å². The van der Waals surface area contributed by atoms with Crippen molar-refractivity contribution in [3.63, 3.8) is 0 Å². The van der Waals surface area contributed by atoms with Crippen LogP contribution in [0.4, 0.5) is 5.69 Å². The lowest BCUT2D eigenvalue weighted by Crippen LogP contribution is -2.19. The van der Waals surface area contributed by atoms with Crippen molar-refractivity contribution in [3.8, 4) is 12.3 Å². The van der Waals surface area contributed by atoms with Crippen molar-refractivity contribution in [2.75, 3.05) is 5.32 Å². The van der Waals surface area contributed by atoms with Gasteiger partial charge >= 0.3 is 5.97 Å². The van der Waals surface area contributed by atoms with Crippen LogP contribution in [0.1, 0.15) is 26.5 Å². The van der Waals surface area contributed by atoms with Gasteiger partial charge in [0.05, 0.1) is 0 Å². The van der Waals surface area contributed by atoms with E-state index in [1.165, 1.54) is 12.4 Å². The molecule has 1 aromatic heterocycles. The summed E-state index contributed by atoms with van der Waals surface area (Å²) in [5, 5.41) is 11.5. The summed E-state index contributed by atoms with van der Waals surface area (Å²) < 4.78 is 0. The van der Waals surface area contributed by atoms with Gasteiger partial charge in [0.1, 0.15) is 0 Å². The van der Waals surface area contributed by atoms with Gasteiger partial charge in [-0.25, -0.2) is 14.8 Å². The Hall–Kier alpha value is -3.20. The zero-order valence-electron chi connectivity index (χ0n) is 10.2. The Labute approximate surface area is 114 Å². The van der Waals surface area contributed by atoms with Gasteiger partial charge in [-0.15, -0.1) is 6.42 Å². The van der Waals surface area contributed by atoms with E-state index in [9.17, 15) is 9.59 Å². The number of benzene rings is 1. The van der Waals surface area contributed by atoms with Crippen molar-refractivity contribution in [1.82, 2.24) is 9.97 Å². The topological polar surface area (TPSA) is 92.2 Å². The van der Waals surface area contributed by atoms with E-state index < -0.39 is 17.6 Å². The monoisotopic (exact) mass is 267 g/mol. The van der Waals surface area contributed by atoms with Crippen LogP contribution in [0.25, 0.3) is 0 Å². The molecule has 1 amide bonds. The van der Waals surface area contributed by atoms with Crippen LogP contribution in [0.3, 0.4) is 0 Å². The molecule has 0 radical (unpaired) electrons. The van der Waals surface area contributed by atoms with E-state index in [1.54, 1.807) is 24.3 Å². The molecule has 2 rings (SSSR count). The highest BCUT2D eigenvalue weighted by molar-refractivity contribution is 6.08. The van der Waals surface area contributed by atoms with Gasteiger partial charge in [0.25, 0.3) is 5.91 Å². The number of nitrogens with zero attached hydrogens (tertiary/aromatic N) is 2. The van der Waals surface area contributed by atoms with Gasteiger partial charge < -0.3 is 10.4 Å². The van der Waals surface area contributed by atoms with Crippen molar-refractivity contribution in [2.24, 2.45) is 0 Å². The fourth-order valence-corrected chi connectivity index (χ4v) is 1.50. The number of carbonyl (C=O) groups excluding carboxylic acids is 1. The summed E-state index contributed by atoms with van der Waals surface area (Å²) in [6.07, 6.45) is 7.69. The molecule has 0 aliphatic rings. The van der Waals surface area contributed by atoms with Crippen molar-refractivity contribution in [2.45, 2.75) is 0 Å². The Balaban J connectivity index is 2.24. The third-order valence-electron chi connectivity index (χ3n) is 2.43. The maximum Gasteiger partial charge on any atom is 0.356 e. The van der Waals surface area contributed by atoms with Gasteiger partial charge in [-0.2, -0.15) is 0 Å². The van der Waals surface area contributed by atoms with E-state index >= 15 is 0 Å². The van der Waals surface area contributed by atoms with E-state index in [2.05, 4.69) is 21.2 Å². The fraction of sp³-hybridized carbons (Fsp3) is 0. The second kappa shape index (κ2) is 5.63. The van der Waals surface area contributed by atoms with Crippen LogP contribution in [-0.2, 0) is 0 Å². The lowest BCUT2D eigenvalue weighted by atomic mass is 10.2. The summed E-state index contributed by atoms with van der Waals surface area (Å²) in [7, 11) is 0. The van der Waals surface area contributed by atoms with Crippen LogP contribution in [-0.4, -0.2) is 27.0 Å². The van der Waals surface area contributed by atoms with E-state index in [-0.39, 0.29) is 5.69 Å². The number of hydrogen-bond acceptors (Lipinski definition) is 4. The third-order valence-corrected chi connectivity index (χ3v) is 2.43. The molecule has 2 N–H and O–H groups in total. The second-order valence-electron chi connectivity index (χ2n) is 3.73. The smallest absolute Gasteiger partial charge is 0.356 e. The average Bonchev–Trinajstić information content (AvgIpc) is 2.48. The maximum atomic E-state index is 12.0. The normalized spacial score (nSPS) is 9.55. The van der Waals surface area contributed by atoms with Crippen molar-refractivity contribution < 1.29 is 14.7 Å². The molecule has 1 heterocycles. The number of terminal acetylenes is 1. The molecule has 6 heteroatoms. The molecule has 6 nitrogen and oxygen atoms in total. The van der Waals surface area contributed by atoms with Gasteiger partial charge in [-0.05, 0) is 24.3 Å². The number of hydrogen-bond donors (Lipinski definition) is 2. The molecule has 2 aromatic rings. The molecule has 0 spiro atoms. The van der Waals surface area contributed by atoms with Gasteiger partial charge in [-0.3, -0.25) is 4.79 Å². The molecule has 0 unspecified atom stereocenters. The van der Waals surface area contributed by atoms with Crippen LogP contribution in [0.5, 0.6) is 0 Å². The van der Waals surface area contributed by atoms with Crippen LogP contribution < -0.4 is 5.32 Å². The molecule has 0 aliphatic heterocycles. The summed E-state index contributed by atoms with van der Waals surface area (Å²) in [5.41, 5.74) is 0.510. The lowest BCUT2D eigenvalue weighted by molar-refractivity contribution is 0.0685. The Morgan fingerprint density at radius 1 is 1.10 bits per heavy atom. The first-order chi connectivity index (χ1) is 9.61. The molecule has 0 saturated carbocycles. The lowest BCUT2D eigenvalue weighted by Gasteiger charge is -2.06. The summed E-state index contributed by atoms with van der Waals surface area (Å²) in [6.45, 7) is 0. The number of amides is 1. The molecular formula is C14H9N3O3. The number of anilines is 1. The zero-order chi connectivity index (χ0) is 14.5. The maximum absolute atomic E-state index is 12.0. The first-order valence-corrected chi connectivity index (χ1v) is 5.54. The summed E-state index contributed by atoms with van der Waals surface area (Å²) in [6, 6.07) is 6.54. The third kappa shape index (κ3) is 2.79. The Morgan fingerprint density at radius 3 is 2.25 bits per heavy atom. The number of aromatic nitrogens is 2. The molecule has 98 valence electrons. The van der Waals surface area contributed by atoms with E-state index in [4.69, 9.17) is 11.5 Å². The second-order valence-corrected chi connectivity index (χ2v) is 3.73. The number of carboxylic acid groups (broad SMARTS) is 1. The first-order valence-electron chi connectivity index (χ1n) is 5.54. The van der Waals surface area contributed by atoms with E-state index in [0.717, 1.165) is 0 Å². The molecule has 0 aliphatic carbocycles. The molecule has 1 aromatic carbocycles. The van der Waals surface area contributed by atoms with Crippen molar-refractivity contribution in [1.29, 1.82) is 0 Å². The van der Waals surface area contributed by atoms with Crippen LogP contribution in [0.15, 0.2) is 36.7 Å². The minimum atomic E-state index is -1.31. The highest BCUT2D eigenvalue weighted by atomic mass is 16.4. The Bertz CT molecular complexity index is 702. The molecular weight excluding hydrogens is 258 g/mol. The number of carbonyl (C=O) groups is 2. The van der Waals surface area contributed by atoms with Crippen LogP contribution in [0, 0.1) is 12.3 Å². The summed E-state index contributed by atoms with van der Waals surface area (Å²) in [4.78, 5) is 30.3. The van der Waals surface area contributed by atoms with E-state index in [0.29, 0.717) is 11.3 Å². The molecule has 0 saturated heterocycles. The minimum absolute atomic E-state index is 0.249. The largest absolute Gasteiger partial charge is 0.476 e. The predicted octanol–water partition coefficient (Wildman–Crippen LogP) is 1.41. The van der Waals surface area contributed by atoms with Crippen molar-refractivity contribution in [3.05, 3.63) is 53.6 Å². The fourth-order valence-electron chi connectivity index (χ4n) is 1.50. The van der Waals surface area contributed by atoms with Gasteiger partial charge in [0.15, 0.2) is 11.4 Å². The zero-order valence-corrected chi connectivity index (χ0v) is 10.2.